The molecular weight excluding hydrogens is 349 g/mol. The van der Waals surface area contributed by atoms with Gasteiger partial charge in [0.15, 0.2) is 0 Å². The zero-order valence-corrected chi connectivity index (χ0v) is 13.0. The number of hydrogen-bond donors (Lipinski definition) is 1. The van der Waals surface area contributed by atoms with Gasteiger partial charge in [0.2, 0.25) is 0 Å². The van der Waals surface area contributed by atoms with E-state index in [-0.39, 0.29) is 6.10 Å². The summed E-state index contributed by atoms with van der Waals surface area (Å²) in [6.07, 6.45) is 1.23. The molecule has 3 heteroatoms. The van der Waals surface area contributed by atoms with Crippen molar-refractivity contribution in [3.8, 4) is 5.75 Å². The van der Waals surface area contributed by atoms with Crippen molar-refractivity contribution in [2.45, 2.75) is 19.4 Å². The van der Waals surface area contributed by atoms with Crippen molar-refractivity contribution < 1.29 is 4.74 Å². The Balaban J connectivity index is 1.60. The van der Waals surface area contributed by atoms with Crippen LogP contribution in [0.4, 0.5) is 5.69 Å². The Morgan fingerprint density at radius 3 is 2.79 bits per heavy atom. The molecule has 2 nitrogen and oxygen atoms in total. The van der Waals surface area contributed by atoms with Crippen LogP contribution >= 0.6 is 22.6 Å². The molecule has 0 spiro atoms. The lowest BCUT2D eigenvalue weighted by atomic mass is 10.1. The van der Waals surface area contributed by atoms with E-state index in [0.717, 1.165) is 24.4 Å². The predicted molar refractivity (Wildman–Crippen MR) is 86.9 cm³/mol. The van der Waals surface area contributed by atoms with E-state index < -0.39 is 0 Å². The zero-order valence-electron chi connectivity index (χ0n) is 10.8. The van der Waals surface area contributed by atoms with E-state index >= 15 is 0 Å². The third-order valence-electron chi connectivity index (χ3n) is 3.34. The van der Waals surface area contributed by atoms with Gasteiger partial charge in [-0.25, -0.2) is 0 Å². The Morgan fingerprint density at radius 1 is 1.21 bits per heavy atom. The highest BCUT2D eigenvalue weighted by atomic mass is 127. The van der Waals surface area contributed by atoms with Crippen molar-refractivity contribution in [3.05, 3.63) is 57.2 Å². The number of anilines is 1. The standard InChI is InChI=1S/C16H16INO/c1-11-2-7-16-12(8-11)9-15(19-16)10-18-14-5-3-13(17)4-6-14/h2-8,15,18H,9-10H2,1H3. The molecule has 98 valence electrons. The summed E-state index contributed by atoms with van der Waals surface area (Å²) in [6.45, 7) is 2.96. The second-order valence-electron chi connectivity index (χ2n) is 4.94. The van der Waals surface area contributed by atoms with Crippen LogP contribution in [0.3, 0.4) is 0 Å². The van der Waals surface area contributed by atoms with Crippen molar-refractivity contribution in [1.82, 2.24) is 0 Å². The van der Waals surface area contributed by atoms with Gasteiger partial charge in [-0.05, 0) is 65.4 Å². The monoisotopic (exact) mass is 365 g/mol. The molecule has 0 fully saturated rings. The Labute approximate surface area is 127 Å². The lowest BCUT2D eigenvalue weighted by molar-refractivity contribution is 0.246. The molecule has 0 saturated heterocycles. The first-order valence-electron chi connectivity index (χ1n) is 6.46. The third kappa shape index (κ3) is 3.03. The van der Waals surface area contributed by atoms with E-state index in [0.29, 0.717) is 0 Å². The summed E-state index contributed by atoms with van der Waals surface area (Å²) in [5, 5.41) is 3.43. The normalized spacial score (nSPS) is 16.8. The number of nitrogens with one attached hydrogen (secondary N) is 1. The Hall–Kier alpha value is -1.23. The number of fused-ring (bicyclic) bond motifs is 1. The Bertz CT molecular complexity index is 580. The van der Waals surface area contributed by atoms with Crippen molar-refractivity contribution in [2.75, 3.05) is 11.9 Å². The molecule has 0 aliphatic carbocycles. The topological polar surface area (TPSA) is 21.3 Å². The summed E-state index contributed by atoms with van der Waals surface area (Å²) in [7, 11) is 0. The van der Waals surface area contributed by atoms with Crippen LogP contribution in [0, 0.1) is 10.5 Å². The molecule has 1 atom stereocenters. The van der Waals surface area contributed by atoms with Crippen LogP contribution in [0.2, 0.25) is 0 Å². The first-order chi connectivity index (χ1) is 9.20. The second kappa shape index (κ2) is 5.41. The fourth-order valence-electron chi connectivity index (χ4n) is 2.36. The van der Waals surface area contributed by atoms with Gasteiger partial charge in [-0.3, -0.25) is 0 Å². The SMILES string of the molecule is Cc1ccc2c(c1)CC(CNc1ccc(I)cc1)O2. The second-order valence-corrected chi connectivity index (χ2v) is 6.19. The number of aryl methyl sites for hydroxylation is 1. The van der Waals surface area contributed by atoms with Crippen molar-refractivity contribution in [2.24, 2.45) is 0 Å². The summed E-state index contributed by atoms with van der Waals surface area (Å²) in [6, 6.07) is 14.8. The van der Waals surface area contributed by atoms with Gasteiger partial charge in [0.25, 0.3) is 0 Å². The molecular formula is C16H16INO. The third-order valence-corrected chi connectivity index (χ3v) is 4.05. The molecule has 0 aromatic heterocycles. The van der Waals surface area contributed by atoms with E-state index in [1.54, 1.807) is 0 Å². The molecule has 1 unspecified atom stereocenters. The zero-order chi connectivity index (χ0) is 13.2. The highest BCUT2D eigenvalue weighted by Crippen LogP contribution is 2.29. The Kier molecular flexibility index (Phi) is 3.64. The average Bonchev–Trinajstić information content (AvgIpc) is 2.80. The van der Waals surface area contributed by atoms with E-state index in [4.69, 9.17) is 4.74 Å². The minimum Gasteiger partial charge on any atom is -0.488 e. The molecule has 1 aliphatic heterocycles. The van der Waals surface area contributed by atoms with Gasteiger partial charge in [0.05, 0.1) is 6.54 Å². The number of hydrogen-bond acceptors (Lipinski definition) is 2. The molecule has 0 radical (unpaired) electrons. The highest BCUT2D eigenvalue weighted by Gasteiger charge is 2.22. The van der Waals surface area contributed by atoms with Gasteiger partial charge < -0.3 is 10.1 Å². The van der Waals surface area contributed by atoms with Crippen LogP contribution in [0.1, 0.15) is 11.1 Å². The number of benzene rings is 2. The van der Waals surface area contributed by atoms with Crippen LogP contribution in [0.5, 0.6) is 5.75 Å². The minimum absolute atomic E-state index is 0.232. The number of ether oxygens (including phenoxy) is 1. The molecule has 2 aromatic rings. The molecule has 1 aliphatic rings. The van der Waals surface area contributed by atoms with E-state index in [2.05, 4.69) is 77.3 Å². The summed E-state index contributed by atoms with van der Waals surface area (Å²) in [4.78, 5) is 0. The average molecular weight is 365 g/mol. The van der Waals surface area contributed by atoms with Gasteiger partial charge in [0, 0.05) is 15.7 Å². The molecule has 1 N–H and O–H groups in total. The van der Waals surface area contributed by atoms with Crippen LogP contribution in [-0.4, -0.2) is 12.6 Å². The quantitative estimate of drug-likeness (QED) is 0.830. The van der Waals surface area contributed by atoms with Gasteiger partial charge in [-0.2, -0.15) is 0 Å². The van der Waals surface area contributed by atoms with E-state index in [1.165, 1.54) is 14.7 Å². The van der Waals surface area contributed by atoms with Crippen molar-refractivity contribution >= 4 is 28.3 Å². The van der Waals surface area contributed by atoms with E-state index in [1.807, 2.05) is 0 Å². The fourth-order valence-corrected chi connectivity index (χ4v) is 2.72. The highest BCUT2D eigenvalue weighted by molar-refractivity contribution is 14.1. The molecule has 1 heterocycles. The first-order valence-corrected chi connectivity index (χ1v) is 7.54. The lowest BCUT2D eigenvalue weighted by Gasteiger charge is -2.12. The van der Waals surface area contributed by atoms with E-state index in [9.17, 15) is 0 Å². The predicted octanol–water partition coefficient (Wildman–Crippen LogP) is 4.02. The summed E-state index contributed by atoms with van der Waals surface area (Å²) >= 11 is 2.31. The summed E-state index contributed by atoms with van der Waals surface area (Å²) in [5.74, 6) is 1.04. The minimum atomic E-state index is 0.232. The summed E-state index contributed by atoms with van der Waals surface area (Å²) < 4.78 is 7.20. The molecule has 2 aromatic carbocycles. The molecule has 0 amide bonds. The van der Waals surface area contributed by atoms with Crippen LogP contribution < -0.4 is 10.1 Å². The van der Waals surface area contributed by atoms with Crippen molar-refractivity contribution in [1.29, 1.82) is 0 Å². The lowest BCUT2D eigenvalue weighted by Crippen LogP contribution is -2.23. The Morgan fingerprint density at radius 2 is 2.00 bits per heavy atom. The van der Waals surface area contributed by atoms with Gasteiger partial charge in [-0.15, -0.1) is 0 Å². The van der Waals surface area contributed by atoms with Crippen LogP contribution in [0.15, 0.2) is 42.5 Å². The molecule has 0 saturated carbocycles. The maximum Gasteiger partial charge on any atom is 0.123 e. The number of rotatable bonds is 3. The molecule has 19 heavy (non-hydrogen) atoms. The van der Waals surface area contributed by atoms with Gasteiger partial charge in [-0.1, -0.05) is 17.7 Å². The largest absolute Gasteiger partial charge is 0.488 e. The van der Waals surface area contributed by atoms with Crippen LogP contribution in [0.25, 0.3) is 0 Å². The van der Waals surface area contributed by atoms with Gasteiger partial charge >= 0.3 is 0 Å². The molecule has 0 bridgehead atoms. The molecule has 3 rings (SSSR count). The van der Waals surface area contributed by atoms with Gasteiger partial charge in [0.1, 0.15) is 11.9 Å². The fraction of sp³-hybridized carbons (Fsp3) is 0.250. The first kappa shape index (κ1) is 12.8. The maximum absolute atomic E-state index is 5.94. The van der Waals surface area contributed by atoms with Crippen LogP contribution in [-0.2, 0) is 6.42 Å². The van der Waals surface area contributed by atoms with Crippen molar-refractivity contribution in [3.63, 3.8) is 0 Å². The smallest absolute Gasteiger partial charge is 0.123 e. The number of halogens is 1. The maximum atomic E-state index is 5.94. The summed E-state index contributed by atoms with van der Waals surface area (Å²) in [5.41, 5.74) is 3.78.